The number of Topliss-reactive ketones (excluding diaryl/α,β-unsaturated/α-hetero) is 2. The minimum absolute atomic E-state index is 0.00496. The molecular formula is C44H74N2O5. The van der Waals surface area contributed by atoms with Crippen LogP contribution in [0.2, 0.25) is 0 Å². The molecule has 51 heavy (non-hydrogen) atoms. The summed E-state index contributed by atoms with van der Waals surface area (Å²) in [5, 5.41) is 25.6. The van der Waals surface area contributed by atoms with Gasteiger partial charge in [0, 0.05) is 37.9 Å². The van der Waals surface area contributed by atoms with Crippen molar-refractivity contribution in [2.75, 3.05) is 20.3 Å². The number of hydrogen-bond acceptors (Lipinski definition) is 7. The van der Waals surface area contributed by atoms with Gasteiger partial charge in [-0.3, -0.25) is 9.59 Å². The van der Waals surface area contributed by atoms with Crippen LogP contribution in [-0.2, 0) is 14.3 Å². The number of rotatable bonds is 12. The molecule has 5 aliphatic rings. The molecule has 290 valence electrons. The summed E-state index contributed by atoms with van der Waals surface area (Å²) in [7, 11) is 1.69. The molecule has 0 aromatic carbocycles. The van der Waals surface area contributed by atoms with Crippen LogP contribution >= 0.6 is 0 Å². The van der Waals surface area contributed by atoms with Crippen molar-refractivity contribution in [3.05, 3.63) is 0 Å². The first-order valence-electron chi connectivity index (χ1n) is 21.6. The zero-order chi connectivity index (χ0) is 36.3. The fraction of sp³-hybridized carbons (Fsp3) is 0.909. The monoisotopic (exact) mass is 711 g/mol. The lowest BCUT2D eigenvalue weighted by atomic mass is 9.62. The van der Waals surface area contributed by atoms with Crippen molar-refractivity contribution in [1.29, 1.82) is 0 Å². The van der Waals surface area contributed by atoms with E-state index in [9.17, 15) is 19.8 Å². The van der Waals surface area contributed by atoms with Crippen molar-refractivity contribution in [3.63, 3.8) is 0 Å². The second-order valence-electron chi connectivity index (χ2n) is 17.9. The Kier molecular flexibility index (Phi) is 16.4. The maximum atomic E-state index is 14.8. The highest BCUT2D eigenvalue weighted by molar-refractivity contribution is 6.00. The third-order valence-electron chi connectivity index (χ3n) is 14.5. The van der Waals surface area contributed by atoms with E-state index in [2.05, 4.69) is 31.0 Å². The molecule has 4 fully saturated rings. The summed E-state index contributed by atoms with van der Waals surface area (Å²) in [6.07, 6.45) is 19.4. The average molecular weight is 711 g/mol. The Hall–Kier alpha value is -1.30. The standard InChI is InChI=1S/C44H74N2O5/c1-4-6-8-14-37-38(34(28-47)11-5-2)23-30(21-29-19-20-46-43(45)24-29)22-33-16-18-36(31-12-9-7-10-13-31)39-27-40(49)42(51-3)25-32(39)15-17-35(48)26-41(50)44(33)37/h29-34,36-40,42-44,46-47,49H,4-15,17,19-28,45H2,1-3H3/t29?,30-,32?,33-,34-,36-,37+,38-,39?,40?,42?,43?,44+/m0/s1. The predicted molar refractivity (Wildman–Crippen MR) is 204 cm³/mol. The molecule has 1 saturated heterocycles. The quantitative estimate of drug-likeness (QED) is 0.0943. The maximum Gasteiger partial charge on any atom is 0.144 e. The van der Waals surface area contributed by atoms with Gasteiger partial charge in [-0.15, -0.1) is 0 Å². The van der Waals surface area contributed by atoms with E-state index in [-0.39, 0.29) is 84.2 Å². The van der Waals surface area contributed by atoms with Gasteiger partial charge in [-0.05, 0) is 131 Å². The highest BCUT2D eigenvalue weighted by Gasteiger charge is 2.47. The van der Waals surface area contributed by atoms with Gasteiger partial charge in [0.25, 0.3) is 0 Å². The summed E-state index contributed by atoms with van der Waals surface area (Å²) in [5.41, 5.74) is 6.42. The van der Waals surface area contributed by atoms with Gasteiger partial charge in [0.1, 0.15) is 11.6 Å². The van der Waals surface area contributed by atoms with E-state index in [1.54, 1.807) is 7.11 Å². The molecule has 3 saturated carbocycles. The zero-order valence-corrected chi connectivity index (χ0v) is 32.5. The number of nitrogens with one attached hydrogen (secondary N) is 1. The van der Waals surface area contributed by atoms with Crippen LogP contribution < -0.4 is 11.1 Å². The summed E-state index contributed by atoms with van der Waals surface area (Å²) in [6, 6.07) is 0. The van der Waals surface area contributed by atoms with E-state index in [1.165, 1.54) is 32.1 Å². The van der Waals surface area contributed by atoms with Gasteiger partial charge in [0.05, 0.1) is 24.8 Å². The number of hydrogen-bond donors (Lipinski definition) is 4. The molecule has 1 aliphatic heterocycles. The van der Waals surface area contributed by atoms with Crippen molar-refractivity contribution in [2.45, 2.75) is 167 Å². The zero-order valence-electron chi connectivity index (χ0n) is 32.5. The van der Waals surface area contributed by atoms with E-state index < -0.39 is 6.10 Å². The predicted octanol–water partition coefficient (Wildman–Crippen LogP) is 7.45. The smallest absolute Gasteiger partial charge is 0.144 e. The minimum Gasteiger partial charge on any atom is -0.396 e. The van der Waals surface area contributed by atoms with Crippen LogP contribution in [0.4, 0.5) is 0 Å². The third-order valence-corrected chi connectivity index (χ3v) is 14.5. The summed E-state index contributed by atoms with van der Waals surface area (Å²) in [5.74, 6) is 10.4. The Morgan fingerprint density at radius 1 is 0.922 bits per heavy atom. The van der Waals surface area contributed by atoms with Crippen LogP contribution in [0, 0.1) is 76.9 Å². The lowest BCUT2D eigenvalue weighted by molar-refractivity contribution is -0.132. The number of carbonyl (C=O) groups is 2. The molecule has 0 spiro atoms. The highest BCUT2D eigenvalue weighted by atomic mass is 16.5. The number of aliphatic hydroxyl groups is 2. The van der Waals surface area contributed by atoms with E-state index in [0.29, 0.717) is 30.6 Å². The largest absolute Gasteiger partial charge is 0.396 e. The highest BCUT2D eigenvalue weighted by Crippen LogP contribution is 2.50. The molecule has 0 radical (unpaired) electrons. The Morgan fingerprint density at radius 2 is 1.73 bits per heavy atom. The summed E-state index contributed by atoms with van der Waals surface area (Å²) < 4.78 is 5.77. The molecular weight excluding hydrogens is 636 g/mol. The summed E-state index contributed by atoms with van der Waals surface area (Å²) in [6.45, 7) is 5.55. The van der Waals surface area contributed by atoms with Gasteiger partial charge in [-0.2, -0.15) is 0 Å². The minimum atomic E-state index is -0.515. The van der Waals surface area contributed by atoms with Crippen molar-refractivity contribution in [1.82, 2.24) is 5.32 Å². The first-order chi connectivity index (χ1) is 24.8. The van der Waals surface area contributed by atoms with E-state index in [0.717, 1.165) is 90.0 Å². The van der Waals surface area contributed by atoms with Gasteiger partial charge in [-0.1, -0.05) is 70.6 Å². The Labute approximate surface area is 310 Å². The van der Waals surface area contributed by atoms with Crippen molar-refractivity contribution in [3.8, 4) is 11.8 Å². The molecule has 4 aliphatic carbocycles. The van der Waals surface area contributed by atoms with Crippen molar-refractivity contribution >= 4 is 11.6 Å². The van der Waals surface area contributed by atoms with E-state index >= 15 is 0 Å². The second kappa shape index (κ2) is 20.4. The van der Waals surface area contributed by atoms with Crippen LogP contribution in [0.15, 0.2) is 0 Å². The van der Waals surface area contributed by atoms with Crippen LogP contribution in [0.3, 0.4) is 0 Å². The SMILES string of the molecule is CCCCC[C@@H]1[C@H]([C@H](CO)CCC)C[C@@H](CC2CCNC(N)C2)C[C@@H]2C#C[C@@H](C3CCCCC3)C3CC(O)C(OC)CC3CCC(=O)CC(=O)[C@@H]12. The maximum absolute atomic E-state index is 14.8. The average Bonchev–Trinajstić information content (AvgIpc) is 3.26. The summed E-state index contributed by atoms with van der Waals surface area (Å²) in [4.78, 5) is 28.6. The number of carbonyl (C=O) groups excluding carboxylic acids is 2. The molecule has 1 heterocycles. The van der Waals surface area contributed by atoms with Gasteiger partial charge in [0.15, 0.2) is 0 Å². The van der Waals surface area contributed by atoms with E-state index in [1.807, 2.05) is 0 Å². The fourth-order valence-electron chi connectivity index (χ4n) is 11.9. The number of unbranched alkanes of at least 4 members (excludes halogenated alkanes) is 2. The van der Waals surface area contributed by atoms with Crippen LogP contribution in [-0.4, -0.2) is 60.4 Å². The lowest BCUT2D eigenvalue weighted by Crippen LogP contribution is -2.44. The summed E-state index contributed by atoms with van der Waals surface area (Å²) >= 11 is 0. The molecule has 7 heteroatoms. The first-order valence-corrected chi connectivity index (χ1v) is 21.6. The Balaban J connectivity index is 1.60. The van der Waals surface area contributed by atoms with Gasteiger partial charge < -0.3 is 26.0 Å². The number of ether oxygens (including phenoxy) is 1. The van der Waals surface area contributed by atoms with Crippen molar-refractivity contribution in [2.24, 2.45) is 70.8 Å². The van der Waals surface area contributed by atoms with E-state index in [4.69, 9.17) is 10.5 Å². The lowest BCUT2D eigenvalue weighted by Gasteiger charge is -2.44. The second-order valence-corrected chi connectivity index (χ2v) is 17.9. The molecule has 7 nitrogen and oxygen atoms in total. The van der Waals surface area contributed by atoms with Crippen LogP contribution in [0.25, 0.3) is 0 Å². The van der Waals surface area contributed by atoms with Gasteiger partial charge in [-0.25, -0.2) is 0 Å². The van der Waals surface area contributed by atoms with Crippen molar-refractivity contribution < 1.29 is 24.5 Å². The number of aliphatic hydroxyl groups excluding tert-OH is 2. The number of nitrogens with two attached hydrogens (primary N) is 1. The number of methoxy groups -OCH3 is 1. The van der Waals surface area contributed by atoms with Gasteiger partial charge >= 0.3 is 0 Å². The molecule has 6 unspecified atom stereocenters. The molecule has 0 aromatic rings. The topological polar surface area (TPSA) is 122 Å². The number of piperidine rings is 1. The molecule has 5 N–H and O–H groups in total. The number of ketones is 2. The fourth-order valence-corrected chi connectivity index (χ4v) is 11.9. The van der Waals surface area contributed by atoms with Crippen LogP contribution in [0.1, 0.15) is 149 Å². The molecule has 0 aromatic heterocycles. The first kappa shape index (κ1) is 40.9. The van der Waals surface area contributed by atoms with Crippen LogP contribution in [0.5, 0.6) is 0 Å². The molecule has 0 amide bonds. The molecule has 0 bridgehead atoms. The third kappa shape index (κ3) is 10.9. The molecule has 5 rings (SSSR count). The molecule has 13 atom stereocenters. The Morgan fingerprint density at radius 3 is 2.43 bits per heavy atom. The normalized spacial score (nSPS) is 39.3. The number of fused-ring (bicyclic) bond motifs is 2. The Bertz CT molecular complexity index is 1140. The van der Waals surface area contributed by atoms with Gasteiger partial charge in [0.2, 0.25) is 0 Å².